The highest BCUT2D eigenvalue weighted by atomic mass is 31.1. The fourth-order valence-electron chi connectivity index (χ4n) is 1.64. The van der Waals surface area contributed by atoms with Gasteiger partial charge in [-0.05, 0) is 13.0 Å². The number of carbonyl (C=O) groups is 1. The first-order valence-corrected chi connectivity index (χ1v) is 6.23. The van der Waals surface area contributed by atoms with Crippen LogP contribution in [0.2, 0.25) is 0 Å². The first kappa shape index (κ1) is 14.4. The molecule has 1 rings (SSSR count). The van der Waals surface area contributed by atoms with E-state index in [0.717, 1.165) is 6.92 Å². The molecular weight excluding hydrogens is 257 g/mol. The van der Waals surface area contributed by atoms with E-state index in [2.05, 4.69) is 4.98 Å². The third-order valence-corrected chi connectivity index (χ3v) is 4.30. The number of nitrogens with zero attached hydrogens (tertiary/aromatic N) is 1. The number of carboxylic acid groups (broad SMARTS) is 1. The van der Waals surface area contributed by atoms with Crippen LogP contribution >= 0.6 is 8.03 Å². The summed E-state index contributed by atoms with van der Waals surface area (Å²) in [5.41, 5.74) is -2.16. The third kappa shape index (κ3) is 1.93. The van der Waals surface area contributed by atoms with Crippen LogP contribution in [0.4, 0.5) is 0 Å². The second-order valence-corrected chi connectivity index (χ2v) is 5.18. The monoisotopic (exact) mass is 269 g/mol. The molecule has 0 aliphatic rings. The summed E-state index contributed by atoms with van der Waals surface area (Å²) in [6, 6.07) is 2.84. The van der Waals surface area contributed by atoms with Gasteiger partial charge in [-0.25, -0.2) is 4.79 Å². The van der Waals surface area contributed by atoms with Crippen molar-refractivity contribution in [2.75, 3.05) is 0 Å². The van der Waals surface area contributed by atoms with Crippen LogP contribution in [0, 0.1) is 12.3 Å². The van der Waals surface area contributed by atoms with Crippen molar-refractivity contribution in [3.05, 3.63) is 30.1 Å². The zero-order valence-electron chi connectivity index (χ0n) is 9.49. The molecule has 0 saturated carbocycles. The smallest absolute Gasteiger partial charge is 0.335 e. The van der Waals surface area contributed by atoms with Crippen LogP contribution in [-0.4, -0.2) is 31.2 Å². The molecule has 0 saturated heterocycles. The van der Waals surface area contributed by atoms with Gasteiger partial charge in [0.1, 0.15) is 5.60 Å². The van der Waals surface area contributed by atoms with E-state index in [1.807, 2.05) is 0 Å². The average molecular weight is 269 g/mol. The summed E-state index contributed by atoms with van der Waals surface area (Å²) in [7, 11) is -3.75. The van der Waals surface area contributed by atoms with Crippen molar-refractivity contribution in [2.45, 2.75) is 17.7 Å². The second-order valence-electron chi connectivity index (χ2n) is 3.82. The van der Waals surface area contributed by atoms with Crippen molar-refractivity contribution in [2.24, 2.45) is 0 Å². The third-order valence-electron chi connectivity index (χ3n) is 2.81. The molecule has 0 aliphatic heterocycles. The van der Waals surface area contributed by atoms with Crippen molar-refractivity contribution in [3.63, 3.8) is 0 Å². The van der Waals surface area contributed by atoms with E-state index in [1.165, 1.54) is 24.5 Å². The van der Waals surface area contributed by atoms with Gasteiger partial charge in [0.2, 0.25) is 13.2 Å². The molecule has 1 aromatic heterocycles. The van der Waals surface area contributed by atoms with E-state index in [1.54, 1.807) is 5.92 Å². The minimum absolute atomic E-state index is 0.0535. The predicted molar refractivity (Wildman–Crippen MR) is 64.2 cm³/mol. The van der Waals surface area contributed by atoms with Crippen molar-refractivity contribution in [1.82, 2.24) is 4.98 Å². The molecular formula is C11H12NO5P. The molecule has 6 nitrogen and oxygen atoms in total. The average Bonchev–Trinajstić information content (AvgIpc) is 2.30. The number of terminal acetylenes is 1. The summed E-state index contributed by atoms with van der Waals surface area (Å²) in [6.07, 6.45) is 7.70. The van der Waals surface area contributed by atoms with Crippen LogP contribution in [0.3, 0.4) is 0 Å². The lowest BCUT2D eigenvalue weighted by atomic mass is 9.83. The van der Waals surface area contributed by atoms with Crippen molar-refractivity contribution >= 4 is 14.0 Å². The molecule has 3 atom stereocenters. The lowest BCUT2D eigenvalue weighted by Crippen LogP contribution is -2.52. The minimum Gasteiger partial charge on any atom is -0.480 e. The second kappa shape index (κ2) is 4.91. The quantitative estimate of drug-likeness (QED) is 0.533. The molecule has 7 heteroatoms. The van der Waals surface area contributed by atoms with Gasteiger partial charge in [-0.2, -0.15) is 0 Å². The van der Waals surface area contributed by atoms with Gasteiger partial charge < -0.3 is 15.1 Å². The summed E-state index contributed by atoms with van der Waals surface area (Å²) in [4.78, 5) is 24.3. The Labute approximate surface area is 104 Å². The summed E-state index contributed by atoms with van der Waals surface area (Å²) in [5.74, 6) is 0.0274. The van der Waals surface area contributed by atoms with E-state index in [4.69, 9.17) is 11.5 Å². The Hall–Kier alpha value is -1.67. The Morgan fingerprint density at radius 1 is 1.61 bits per heavy atom. The number of aromatic nitrogens is 1. The normalized spacial score (nSPS) is 19.0. The lowest BCUT2D eigenvalue weighted by molar-refractivity contribution is -0.145. The number of carboxylic acids is 1. The zero-order chi connectivity index (χ0) is 14.0. The topological polar surface area (TPSA) is 108 Å². The van der Waals surface area contributed by atoms with Crippen molar-refractivity contribution in [3.8, 4) is 12.3 Å². The molecule has 0 aliphatic carbocycles. The largest absolute Gasteiger partial charge is 0.480 e. The summed E-state index contributed by atoms with van der Waals surface area (Å²) in [6.45, 7) is 1.08. The first-order chi connectivity index (χ1) is 8.30. The van der Waals surface area contributed by atoms with Gasteiger partial charge >= 0.3 is 5.97 Å². The van der Waals surface area contributed by atoms with Crippen LogP contribution < -0.4 is 0 Å². The molecule has 3 N–H and O–H groups in total. The molecule has 18 heavy (non-hydrogen) atoms. The molecule has 0 spiro atoms. The lowest BCUT2D eigenvalue weighted by Gasteiger charge is -2.35. The zero-order valence-corrected chi connectivity index (χ0v) is 10.5. The van der Waals surface area contributed by atoms with Gasteiger partial charge in [0.25, 0.3) is 0 Å². The van der Waals surface area contributed by atoms with E-state index in [-0.39, 0.29) is 5.56 Å². The maximum absolute atomic E-state index is 11.4. The maximum Gasteiger partial charge on any atom is 0.335 e. The number of rotatable bonds is 4. The number of hydrogen-bond donors (Lipinski definition) is 3. The molecule has 0 bridgehead atoms. The van der Waals surface area contributed by atoms with E-state index >= 15 is 0 Å². The first-order valence-electron chi connectivity index (χ1n) is 4.88. The summed E-state index contributed by atoms with van der Waals surface area (Å²) >= 11 is 0. The van der Waals surface area contributed by atoms with Gasteiger partial charge in [0.15, 0.2) is 0 Å². The predicted octanol–water partition coefficient (Wildman–Crippen LogP) is 0.213. The van der Waals surface area contributed by atoms with Crippen LogP contribution in [0.5, 0.6) is 0 Å². The number of hydrogen-bond acceptors (Lipinski definition) is 4. The molecule has 0 aromatic carbocycles. The highest BCUT2D eigenvalue weighted by Crippen LogP contribution is 2.48. The van der Waals surface area contributed by atoms with Gasteiger partial charge in [-0.15, -0.1) is 6.42 Å². The summed E-state index contributed by atoms with van der Waals surface area (Å²) < 4.78 is 11.4. The summed E-state index contributed by atoms with van der Waals surface area (Å²) in [5, 5.41) is 16.9. The molecule has 1 aromatic rings. The van der Waals surface area contributed by atoms with Gasteiger partial charge in [0.05, 0.1) is 0 Å². The van der Waals surface area contributed by atoms with Crippen LogP contribution in [-0.2, 0) is 15.0 Å². The van der Waals surface area contributed by atoms with Crippen LogP contribution in [0.15, 0.2) is 24.5 Å². The van der Waals surface area contributed by atoms with Crippen LogP contribution in [0.1, 0.15) is 12.5 Å². The molecule has 3 unspecified atom stereocenters. The van der Waals surface area contributed by atoms with Crippen LogP contribution in [0.25, 0.3) is 0 Å². The van der Waals surface area contributed by atoms with Crippen molar-refractivity contribution < 1.29 is 24.5 Å². The van der Waals surface area contributed by atoms with Gasteiger partial charge in [-0.3, -0.25) is 9.55 Å². The number of pyridine rings is 1. The minimum atomic E-state index is -3.75. The number of aliphatic hydroxyl groups is 1. The highest BCUT2D eigenvalue weighted by Gasteiger charge is 2.58. The maximum atomic E-state index is 11.4. The number of aliphatic carboxylic acids is 1. The molecule has 0 amide bonds. The molecule has 96 valence electrons. The van der Waals surface area contributed by atoms with E-state index < -0.39 is 24.8 Å². The highest BCUT2D eigenvalue weighted by molar-refractivity contribution is 7.42. The molecule has 0 radical (unpaired) electrons. The Kier molecular flexibility index (Phi) is 3.92. The Balaban J connectivity index is 3.53. The Morgan fingerprint density at radius 3 is 2.56 bits per heavy atom. The molecule has 1 heterocycles. The van der Waals surface area contributed by atoms with Crippen molar-refractivity contribution in [1.29, 1.82) is 0 Å². The van der Waals surface area contributed by atoms with E-state index in [9.17, 15) is 19.4 Å². The van der Waals surface area contributed by atoms with E-state index in [0.29, 0.717) is 0 Å². The van der Waals surface area contributed by atoms with Gasteiger partial charge in [-0.1, -0.05) is 12.0 Å². The Bertz CT molecular complexity index is 506. The fourth-order valence-corrected chi connectivity index (χ4v) is 2.51. The fraction of sp³-hybridized carbons (Fsp3) is 0.273. The van der Waals surface area contributed by atoms with Gasteiger partial charge in [0, 0.05) is 18.0 Å². The standard InChI is InChI=1S/C11H12NO5P/c1-3-11(9(13)14,18(16)17)10(2,15)8-5-4-6-12-7-8/h1,4-7,15,18H,2H3,(H,13,14)(H,16,17). The SMILES string of the molecule is C#CC(C(=O)O)([PH](=O)O)C(C)(O)c1cccnc1. The Morgan fingerprint density at radius 2 is 2.22 bits per heavy atom. The molecule has 0 fully saturated rings.